The van der Waals surface area contributed by atoms with Gasteiger partial charge in [0.1, 0.15) is 23.1 Å². The molecule has 0 aliphatic heterocycles. The van der Waals surface area contributed by atoms with Gasteiger partial charge in [-0.25, -0.2) is 9.97 Å². The van der Waals surface area contributed by atoms with Gasteiger partial charge in [-0.1, -0.05) is 140 Å². The highest BCUT2D eigenvalue weighted by atomic mass is 32.1. The quantitative estimate of drug-likeness (QED) is 0.176. The van der Waals surface area contributed by atoms with Gasteiger partial charge in [0.15, 0.2) is 5.58 Å². The Morgan fingerprint density at radius 1 is 0.379 bits per heavy atom. The van der Waals surface area contributed by atoms with Gasteiger partial charge >= 0.3 is 0 Å². The summed E-state index contributed by atoms with van der Waals surface area (Å²) < 4.78 is 9.18. The summed E-state index contributed by atoms with van der Waals surface area (Å²) in [4.78, 5) is 9.54. The predicted molar refractivity (Wildman–Crippen MR) is 244 cm³/mol. The van der Waals surface area contributed by atoms with Crippen molar-refractivity contribution < 1.29 is 4.42 Å². The summed E-state index contributed by atoms with van der Waals surface area (Å²) in [5, 5.41) is 8.51. The van der Waals surface area contributed by atoms with Crippen molar-refractivity contribution in [1.29, 1.82) is 0 Å². The molecule has 0 saturated heterocycles. The number of aromatic nitrogens is 2. The van der Waals surface area contributed by atoms with Crippen LogP contribution in [0.3, 0.4) is 0 Å². The molecular formula is C54H32N2OS. The van der Waals surface area contributed by atoms with Gasteiger partial charge in [-0.15, -0.1) is 11.3 Å². The molecule has 3 nitrogen and oxygen atoms in total. The fourth-order valence-electron chi connectivity index (χ4n) is 8.62. The second kappa shape index (κ2) is 13.1. The van der Waals surface area contributed by atoms with E-state index in [4.69, 9.17) is 14.4 Å². The molecule has 0 unspecified atom stereocenters. The molecule has 0 amide bonds. The third-order valence-corrected chi connectivity index (χ3v) is 12.8. The molecule has 3 aromatic heterocycles. The normalized spacial score (nSPS) is 11.8. The van der Waals surface area contributed by atoms with Gasteiger partial charge in [0.05, 0.1) is 0 Å². The molecular weight excluding hydrogens is 725 g/mol. The number of rotatable bonds is 5. The van der Waals surface area contributed by atoms with Crippen LogP contribution in [0.25, 0.3) is 120 Å². The first-order valence-corrected chi connectivity index (χ1v) is 20.3. The third kappa shape index (κ3) is 5.42. The van der Waals surface area contributed by atoms with Crippen molar-refractivity contribution in [3.05, 3.63) is 194 Å². The van der Waals surface area contributed by atoms with E-state index < -0.39 is 0 Å². The zero-order chi connectivity index (χ0) is 38.2. The lowest BCUT2D eigenvalue weighted by Crippen LogP contribution is -1.88. The number of fused-ring (bicyclic) bond motifs is 8. The molecule has 9 aromatic carbocycles. The highest BCUT2D eigenvalue weighted by Gasteiger charge is 2.17. The Morgan fingerprint density at radius 2 is 0.948 bits per heavy atom. The molecule has 270 valence electrons. The minimum atomic E-state index is 0.691. The highest BCUT2D eigenvalue weighted by Crippen LogP contribution is 2.42. The lowest BCUT2D eigenvalue weighted by Gasteiger charge is -2.09. The van der Waals surface area contributed by atoms with Gasteiger partial charge in [-0.2, -0.15) is 0 Å². The number of thiophene rings is 1. The van der Waals surface area contributed by atoms with E-state index in [9.17, 15) is 0 Å². The van der Waals surface area contributed by atoms with Crippen LogP contribution < -0.4 is 0 Å². The van der Waals surface area contributed by atoms with E-state index >= 15 is 0 Å². The van der Waals surface area contributed by atoms with Crippen LogP contribution >= 0.6 is 11.3 Å². The van der Waals surface area contributed by atoms with Crippen LogP contribution in [0.5, 0.6) is 0 Å². The van der Waals surface area contributed by atoms with E-state index in [2.05, 4.69) is 188 Å². The number of benzene rings is 9. The number of hydrogen-bond acceptors (Lipinski definition) is 4. The maximum absolute atomic E-state index is 6.55. The molecule has 0 atom stereocenters. The second-order valence-corrected chi connectivity index (χ2v) is 16.0. The summed E-state index contributed by atoms with van der Waals surface area (Å²) in [5.74, 6) is 0. The summed E-state index contributed by atoms with van der Waals surface area (Å²) >= 11 is 1.86. The maximum atomic E-state index is 6.55. The first kappa shape index (κ1) is 32.8. The number of hydrogen-bond donors (Lipinski definition) is 0. The van der Waals surface area contributed by atoms with E-state index in [-0.39, 0.29) is 0 Å². The molecule has 0 aliphatic carbocycles. The Labute approximate surface area is 338 Å². The molecule has 4 heteroatoms. The van der Waals surface area contributed by atoms with Crippen LogP contribution in [0.4, 0.5) is 0 Å². The Bertz CT molecular complexity index is 3590. The third-order valence-electron chi connectivity index (χ3n) is 11.6. The molecule has 0 fully saturated rings. The molecule has 0 aliphatic rings. The average Bonchev–Trinajstić information content (AvgIpc) is 3.87. The Balaban J connectivity index is 0.880. The van der Waals surface area contributed by atoms with Gasteiger partial charge in [-0.3, -0.25) is 0 Å². The van der Waals surface area contributed by atoms with Crippen molar-refractivity contribution in [2.24, 2.45) is 0 Å². The summed E-state index contributed by atoms with van der Waals surface area (Å²) in [6.45, 7) is 0. The van der Waals surface area contributed by atoms with Crippen molar-refractivity contribution in [1.82, 2.24) is 9.97 Å². The van der Waals surface area contributed by atoms with E-state index in [1.165, 1.54) is 64.0 Å². The van der Waals surface area contributed by atoms with Crippen LogP contribution in [-0.4, -0.2) is 9.97 Å². The standard InChI is InChI=1S/C54H32N2OS/c1-2-9-34-26-37(19-18-33(34)8-1)38-20-21-40-28-41(23-22-39(40)27-38)42-24-25-49-48(31-42)52-53(57-49)51(55-32-56-52)44-13-6-11-36(30-44)35-10-5-12-43(29-35)45-15-7-16-47-46-14-3-4-17-50(46)58-54(45)47/h1-32H. The molecule has 0 radical (unpaired) electrons. The van der Waals surface area contributed by atoms with Crippen molar-refractivity contribution >= 4 is 75.1 Å². The SMILES string of the molecule is c1cc(-c2cccc(-c3cccc4c3sc3ccccc34)c2)cc(-c2ncnc3c2oc2ccc(-c4ccc5cc(-c6ccc7ccccc7c6)ccc5c4)cc23)c1. The topological polar surface area (TPSA) is 38.9 Å². The Kier molecular flexibility index (Phi) is 7.40. The van der Waals surface area contributed by atoms with Crippen LogP contribution in [0, 0.1) is 0 Å². The summed E-state index contributed by atoms with van der Waals surface area (Å²) in [7, 11) is 0. The molecule has 0 N–H and O–H groups in total. The van der Waals surface area contributed by atoms with Gasteiger partial charge in [0, 0.05) is 31.1 Å². The minimum Gasteiger partial charge on any atom is -0.452 e. The van der Waals surface area contributed by atoms with Crippen LogP contribution in [0.2, 0.25) is 0 Å². The van der Waals surface area contributed by atoms with Crippen molar-refractivity contribution in [3.63, 3.8) is 0 Å². The van der Waals surface area contributed by atoms with Crippen molar-refractivity contribution in [2.75, 3.05) is 0 Å². The van der Waals surface area contributed by atoms with E-state index in [0.29, 0.717) is 5.58 Å². The van der Waals surface area contributed by atoms with E-state index in [0.717, 1.165) is 50.0 Å². The number of nitrogens with zero attached hydrogens (tertiary/aromatic N) is 2. The van der Waals surface area contributed by atoms with Crippen molar-refractivity contribution in [3.8, 4) is 55.8 Å². The highest BCUT2D eigenvalue weighted by molar-refractivity contribution is 7.26. The zero-order valence-electron chi connectivity index (χ0n) is 31.2. The first-order valence-electron chi connectivity index (χ1n) is 19.5. The van der Waals surface area contributed by atoms with Gasteiger partial charge in [0.25, 0.3) is 0 Å². The lowest BCUT2D eigenvalue weighted by atomic mass is 9.96. The molecule has 3 heterocycles. The Morgan fingerprint density at radius 3 is 1.74 bits per heavy atom. The fourth-order valence-corrected chi connectivity index (χ4v) is 9.86. The second-order valence-electron chi connectivity index (χ2n) is 15.0. The van der Waals surface area contributed by atoms with E-state index in [1.54, 1.807) is 6.33 Å². The van der Waals surface area contributed by atoms with E-state index in [1.807, 2.05) is 11.3 Å². The van der Waals surface area contributed by atoms with Crippen LogP contribution in [-0.2, 0) is 0 Å². The number of furan rings is 1. The van der Waals surface area contributed by atoms with Gasteiger partial charge < -0.3 is 4.42 Å². The Hall–Kier alpha value is -7.40. The minimum absolute atomic E-state index is 0.691. The summed E-state index contributed by atoms with van der Waals surface area (Å²) in [6.07, 6.45) is 1.65. The smallest absolute Gasteiger partial charge is 0.180 e. The molecule has 0 bridgehead atoms. The van der Waals surface area contributed by atoms with Crippen LogP contribution in [0.15, 0.2) is 199 Å². The predicted octanol–water partition coefficient (Wildman–Crippen LogP) is 15.4. The molecule has 12 rings (SSSR count). The molecule has 0 spiro atoms. The van der Waals surface area contributed by atoms with Crippen molar-refractivity contribution in [2.45, 2.75) is 0 Å². The summed E-state index contributed by atoms with van der Waals surface area (Å²) in [6, 6.07) is 67.8. The first-order chi connectivity index (χ1) is 28.7. The maximum Gasteiger partial charge on any atom is 0.180 e. The van der Waals surface area contributed by atoms with Crippen LogP contribution in [0.1, 0.15) is 0 Å². The largest absolute Gasteiger partial charge is 0.452 e. The molecule has 58 heavy (non-hydrogen) atoms. The summed E-state index contributed by atoms with van der Waals surface area (Å²) in [5.41, 5.74) is 13.5. The lowest BCUT2D eigenvalue weighted by molar-refractivity contribution is 0.667. The molecule has 0 saturated carbocycles. The fraction of sp³-hybridized carbons (Fsp3) is 0. The average molecular weight is 757 g/mol. The molecule has 12 aromatic rings. The van der Waals surface area contributed by atoms with Gasteiger partial charge in [-0.05, 0) is 115 Å². The monoisotopic (exact) mass is 756 g/mol. The zero-order valence-corrected chi connectivity index (χ0v) is 32.0. The van der Waals surface area contributed by atoms with Gasteiger partial charge in [0.2, 0.25) is 0 Å².